The van der Waals surface area contributed by atoms with Gasteiger partial charge in [-0.15, -0.1) is 6.58 Å². The van der Waals surface area contributed by atoms with E-state index in [2.05, 4.69) is 6.58 Å². The molecule has 4 heteroatoms. The van der Waals surface area contributed by atoms with Crippen LogP contribution in [0.3, 0.4) is 0 Å². The van der Waals surface area contributed by atoms with Gasteiger partial charge in [-0.2, -0.15) is 0 Å². The van der Waals surface area contributed by atoms with Gasteiger partial charge in [0.05, 0.1) is 11.3 Å². The van der Waals surface area contributed by atoms with Gasteiger partial charge in [-0.3, -0.25) is 9.10 Å². The Morgan fingerprint density at radius 2 is 2.00 bits per heavy atom. The molecule has 0 spiro atoms. The van der Waals surface area contributed by atoms with Crippen molar-refractivity contribution < 1.29 is 9.00 Å². The van der Waals surface area contributed by atoms with Gasteiger partial charge in [-0.1, -0.05) is 6.08 Å². The summed E-state index contributed by atoms with van der Waals surface area (Å²) >= 11 is 0. The molecule has 1 amide bonds. The summed E-state index contributed by atoms with van der Waals surface area (Å²) in [6.45, 7) is 10.8. The number of hydrogen-bond acceptors (Lipinski definition) is 2. The maximum absolute atomic E-state index is 11.8. The Hall–Kier alpha value is -0.640. The highest BCUT2D eigenvalue weighted by Crippen LogP contribution is 2.15. The van der Waals surface area contributed by atoms with Crippen LogP contribution in [0.4, 0.5) is 0 Å². The van der Waals surface area contributed by atoms with Crippen molar-refractivity contribution in [2.45, 2.75) is 32.4 Å². The molecule has 0 radical (unpaired) electrons. The fourth-order valence-electron chi connectivity index (χ4n) is 0.761. The quantitative estimate of drug-likeness (QED) is 0.652. The molecule has 13 heavy (non-hydrogen) atoms. The van der Waals surface area contributed by atoms with Gasteiger partial charge in [0.25, 0.3) is 0 Å². The zero-order chi connectivity index (χ0) is 10.6. The Labute approximate surface area is 82.4 Å². The van der Waals surface area contributed by atoms with E-state index in [4.69, 9.17) is 0 Å². The van der Waals surface area contributed by atoms with Crippen LogP contribution in [-0.2, 0) is 15.8 Å². The predicted octanol–water partition coefficient (Wildman–Crippen LogP) is 1.48. The first-order chi connectivity index (χ1) is 5.80. The third kappa shape index (κ3) is 3.72. The summed E-state index contributed by atoms with van der Waals surface area (Å²) in [6, 6.07) is 0. The number of carbonyl (C=O) groups is 1. The van der Waals surface area contributed by atoms with E-state index in [-0.39, 0.29) is 5.91 Å². The Kier molecular flexibility index (Phi) is 4.33. The van der Waals surface area contributed by atoms with Crippen molar-refractivity contribution in [2.75, 3.05) is 6.54 Å². The Bertz CT molecular complexity index is 230. The first-order valence-electron chi connectivity index (χ1n) is 4.11. The van der Waals surface area contributed by atoms with Crippen LogP contribution in [0.2, 0.25) is 0 Å². The minimum atomic E-state index is -1.29. The van der Waals surface area contributed by atoms with Gasteiger partial charge in [-0.05, 0) is 20.8 Å². The SMILES string of the molecule is C=CCN(C(C)=O)[S@@](=O)C(C)(C)C. The molecule has 0 fully saturated rings. The van der Waals surface area contributed by atoms with Gasteiger partial charge in [0.1, 0.15) is 11.0 Å². The third-order valence-electron chi connectivity index (χ3n) is 1.37. The average molecular weight is 203 g/mol. The Morgan fingerprint density at radius 3 is 2.23 bits per heavy atom. The molecule has 0 bridgehead atoms. The molecule has 0 saturated carbocycles. The molecule has 3 nitrogen and oxygen atoms in total. The number of rotatable bonds is 3. The molecule has 0 unspecified atom stereocenters. The lowest BCUT2D eigenvalue weighted by Gasteiger charge is -2.26. The van der Waals surface area contributed by atoms with Gasteiger partial charge in [0.15, 0.2) is 0 Å². The first-order valence-corrected chi connectivity index (χ1v) is 5.22. The molecule has 0 heterocycles. The molecule has 0 N–H and O–H groups in total. The van der Waals surface area contributed by atoms with Crippen LogP contribution in [-0.4, -0.2) is 25.7 Å². The van der Waals surface area contributed by atoms with E-state index in [0.29, 0.717) is 6.54 Å². The van der Waals surface area contributed by atoms with Crippen molar-refractivity contribution >= 4 is 16.9 Å². The summed E-state index contributed by atoms with van der Waals surface area (Å²) in [7, 11) is -1.29. The lowest BCUT2D eigenvalue weighted by Crippen LogP contribution is -2.40. The van der Waals surface area contributed by atoms with E-state index in [1.165, 1.54) is 11.2 Å². The van der Waals surface area contributed by atoms with Crippen LogP contribution in [0.5, 0.6) is 0 Å². The summed E-state index contributed by atoms with van der Waals surface area (Å²) in [4.78, 5) is 11.1. The van der Waals surface area contributed by atoms with Crippen molar-refractivity contribution in [2.24, 2.45) is 0 Å². The largest absolute Gasteiger partial charge is 0.274 e. The Balaban J connectivity index is 4.66. The molecule has 0 aliphatic carbocycles. The fourth-order valence-corrected chi connectivity index (χ4v) is 1.90. The standard InChI is InChI=1S/C9H17NO2S/c1-6-7-10(8(2)11)13(12)9(3,4)5/h6H,1,7H2,2-5H3/t13-/m0/s1. The maximum Gasteiger partial charge on any atom is 0.231 e. The van der Waals surface area contributed by atoms with Crippen molar-refractivity contribution in [3.63, 3.8) is 0 Å². The summed E-state index contributed by atoms with van der Waals surface area (Å²) in [5, 5.41) is 0. The van der Waals surface area contributed by atoms with Crippen LogP contribution in [0.1, 0.15) is 27.7 Å². The van der Waals surface area contributed by atoms with Crippen LogP contribution < -0.4 is 0 Å². The average Bonchev–Trinajstić information content (AvgIpc) is 1.96. The van der Waals surface area contributed by atoms with E-state index in [9.17, 15) is 9.00 Å². The molecular weight excluding hydrogens is 186 g/mol. The molecular formula is C9H17NO2S. The minimum Gasteiger partial charge on any atom is -0.274 e. The van der Waals surface area contributed by atoms with E-state index in [0.717, 1.165) is 0 Å². The number of amides is 1. The minimum absolute atomic E-state index is 0.187. The summed E-state index contributed by atoms with van der Waals surface area (Å²) in [6.07, 6.45) is 1.57. The van der Waals surface area contributed by atoms with Crippen molar-refractivity contribution in [3.8, 4) is 0 Å². The predicted molar refractivity (Wildman–Crippen MR) is 55.5 cm³/mol. The van der Waals surface area contributed by atoms with Crippen molar-refractivity contribution in [1.29, 1.82) is 0 Å². The molecule has 76 valence electrons. The van der Waals surface area contributed by atoms with Gasteiger partial charge in [0, 0.05) is 6.92 Å². The second-order valence-corrected chi connectivity index (χ2v) is 5.89. The second kappa shape index (κ2) is 4.56. The second-order valence-electron chi connectivity index (χ2n) is 3.73. The molecule has 0 aromatic rings. The van der Waals surface area contributed by atoms with E-state index in [1.807, 2.05) is 20.8 Å². The van der Waals surface area contributed by atoms with Crippen LogP contribution in [0.15, 0.2) is 12.7 Å². The number of nitrogens with zero attached hydrogens (tertiary/aromatic N) is 1. The lowest BCUT2D eigenvalue weighted by atomic mass is 10.3. The summed E-state index contributed by atoms with van der Waals surface area (Å²) < 4.78 is 12.7. The topological polar surface area (TPSA) is 37.4 Å². The maximum atomic E-state index is 11.8. The molecule has 0 aromatic carbocycles. The van der Waals surface area contributed by atoms with Gasteiger partial charge in [-0.25, -0.2) is 4.21 Å². The summed E-state index contributed by atoms with van der Waals surface area (Å²) in [5.74, 6) is -0.187. The smallest absolute Gasteiger partial charge is 0.231 e. The monoisotopic (exact) mass is 203 g/mol. The van der Waals surface area contributed by atoms with Crippen molar-refractivity contribution in [3.05, 3.63) is 12.7 Å². The molecule has 0 aromatic heterocycles. The highest BCUT2D eigenvalue weighted by Gasteiger charge is 2.27. The zero-order valence-electron chi connectivity index (χ0n) is 8.66. The normalized spacial score (nSPS) is 13.5. The van der Waals surface area contributed by atoms with Gasteiger partial charge >= 0.3 is 0 Å². The molecule has 0 aliphatic rings. The molecule has 0 rings (SSSR count). The highest BCUT2D eigenvalue weighted by atomic mass is 32.2. The zero-order valence-corrected chi connectivity index (χ0v) is 9.48. The lowest BCUT2D eigenvalue weighted by molar-refractivity contribution is -0.123. The van der Waals surface area contributed by atoms with Crippen LogP contribution in [0, 0.1) is 0 Å². The first kappa shape index (κ1) is 12.4. The third-order valence-corrected chi connectivity index (χ3v) is 3.22. The van der Waals surface area contributed by atoms with Gasteiger partial charge in [0.2, 0.25) is 5.91 Å². The van der Waals surface area contributed by atoms with Gasteiger partial charge < -0.3 is 0 Å². The molecule has 1 atom stereocenters. The highest BCUT2D eigenvalue weighted by molar-refractivity contribution is 7.84. The van der Waals surface area contributed by atoms with Crippen LogP contribution in [0.25, 0.3) is 0 Å². The van der Waals surface area contributed by atoms with Crippen molar-refractivity contribution in [1.82, 2.24) is 4.31 Å². The number of carbonyl (C=O) groups excluding carboxylic acids is 1. The van der Waals surface area contributed by atoms with Crippen LogP contribution >= 0.6 is 0 Å². The molecule has 0 aliphatic heterocycles. The Morgan fingerprint density at radius 1 is 1.54 bits per heavy atom. The van der Waals surface area contributed by atoms with E-state index in [1.54, 1.807) is 6.08 Å². The van der Waals surface area contributed by atoms with E-state index < -0.39 is 15.7 Å². The molecule has 0 saturated heterocycles. The fraction of sp³-hybridized carbons (Fsp3) is 0.667. The summed E-state index contributed by atoms with van der Waals surface area (Å²) in [5.41, 5.74) is 0. The van der Waals surface area contributed by atoms with E-state index >= 15 is 0 Å². The number of hydrogen-bond donors (Lipinski definition) is 0.